The highest BCUT2D eigenvalue weighted by atomic mass is 16.5. The molecule has 2 aliphatic rings. The first-order valence-electron chi connectivity index (χ1n) is 5.90. The minimum Gasteiger partial charge on any atom is -0.482 e. The van der Waals surface area contributed by atoms with Crippen molar-refractivity contribution in [2.75, 3.05) is 31.8 Å². The van der Waals surface area contributed by atoms with Gasteiger partial charge in [0.15, 0.2) is 6.61 Å². The molecule has 0 saturated carbocycles. The molecule has 1 saturated heterocycles. The summed E-state index contributed by atoms with van der Waals surface area (Å²) in [5.41, 5.74) is 0.229. The number of aliphatic carboxylic acids is 1. The molecule has 6 heteroatoms. The fourth-order valence-electron chi connectivity index (χ4n) is 2.29. The summed E-state index contributed by atoms with van der Waals surface area (Å²) < 4.78 is 10.4. The number of benzene rings is 1. The maximum absolute atomic E-state index is 11.6. The Balaban J connectivity index is 2.06. The molecule has 2 heterocycles. The van der Waals surface area contributed by atoms with E-state index < -0.39 is 11.4 Å². The van der Waals surface area contributed by atoms with Crippen molar-refractivity contribution in [1.29, 1.82) is 0 Å². The maximum Gasteiger partial charge on any atom is 0.318 e. The molecule has 0 bridgehead atoms. The number of hydrogen-bond acceptors (Lipinski definition) is 4. The Hall–Kier alpha value is -2.08. The second-order valence-electron chi connectivity index (χ2n) is 4.80. The number of fused-ring (bicyclic) bond motifs is 1. The predicted octanol–water partition coefficient (Wildman–Crippen LogP) is 0.394. The second kappa shape index (κ2) is 3.96. The van der Waals surface area contributed by atoms with Crippen LogP contribution in [0.2, 0.25) is 0 Å². The third kappa shape index (κ3) is 1.60. The first-order chi connectivity index (χ1) is 9.04. The molecule has 0 radical (unpaired) electrons. The number of carbonyl (C=O) groups excluding carboxylic acids is 1. The van der Waals surface area contributed by atoms with Crippen molar-refractivity contribution in [1.82, 2.24) is 0 Å². The summed E-state index contributed by atoms with van der Waals surface area (Å²) in [6.45, 7) is 0.315. The van der Waals surface area contributed by atoms with Gasteiger partial charge in [0.2, 0.25) is 0 Å². The van der Waals surface area contributed by atoms with Gasteiger partial charge in [-0.3, -0.25) is 9.59 Å². The van der Waals surface area contributed by atoms with Gasteiger partial charge in [0, 0.05) is 7.05 Å². The van der Waals surface area contributed by atoms with E-state index in [4.69, 9.17) is 9.47 Å². The van der Waals surface area contributed by atoms with Gasteiger partial charge >= 0.3 is 5.97 Å². The van der Waals surface area contributed by atoms with Crippen LogP contribution in [-0.4, -0.2) is 43.9 Å². The fraction of sp³-hybridized carbons (Fsp3) is 0.385. The molecular formula is C13H13NO5. The number of likely N-dealkylation sites (N-methyl/N-ethyl adjacent to an activating group) is 1. The average Bonchev–Trinajstić information content (AvgIpc) is 2.32. The minimum atomic E-state index is -1.00. The van der Waals surface area contributed by atoms with Crippen LogP contribution in [-0.2, 0) is 19.7 Å². The molecule has 100 valence electrons. The van der Waals surface area contributed by atoms with Crippen LogP contribution in [0.5, 0.6) is 5.75 Å². The van der Waals surface area contributed by atoms with Crippen molar-refractivity contribution in [2.45, 2.75) is 5.41 Å². The van der Waals surface area contributed by atoms with Gasteiger partial charge in [0.05, 0.1) is 18.9 Å². The Bertz CT molecular complexity index is 564. The first kappa shape index (κ1) is 12.0. The van der Waals surface area contributed by atoms with E-state index in [0.717, 1.165) is 0 Å². The van der Waals surface area contributed by atoms with E-state index in [9.17, 15) is 14.7 Å². The number of anilines is 1. The molecule has 1 aromatic carbocycles. The summed E-state index contributed by atoms with van der Waals surface area (Å²) in [4.78, 5) is 24.5. The number of carboxylic acids is 1. The molecule has 1 aromatic rings. The van der Waals surface area contributed by atoms with Gasteiger partial charge in [-0.1, -0.05) is 6.07 Å². The number of carbonyl (C=O) groups is 2. The lowest BCUT2D eigenvalue weighted by molar-refractivity contribution is -0.163. The summed E-state index contributed by atoms with van der Waals surface area (Å²) in [5, 5.41) is 9.37. The monoisotopic (exact) mass is 263 g/mol. The quantitative estimate of drug-likeness (QED) is 0.835. The number of hydrogen-bond donors (Lipinski definition) is 1. The van der Waals surface area contributed by atoms with E-state index in [1.165, 1.54) is 4.90 Å². The second-order valence-corrected chi connectivity index (χ2v) is 4.80. The van der Waals surface area contributed by atoms with Crippen molar-refractivity contribution in [3.63, 3.8) is 0 Å². The van der Waals surface area contributed by atoms with E-state index in [1.807, 2.05) is 0 Å². The van der Waals surface area contributed by atoms with Crippen molar-refractivity contribution >= 4 is 17.6 Å². The van der Waals surface area contributed by atoms with E-state index in [0.29, 0.717) is 17.0 Å². The Kier molecular flexibility index (Phi) is 2.50. The molecule has 0 spiro atoms. The zero-order valence-electron chi connectivity index (χ0n) is 10.4. The van der Waals surface area contributed by atoms with Crippen LogP contribution in [0, 0.1) is 0 Å². The molecule has 0 aromatic heterocycles. The highest BCUT2D eigenvalue weighted by Crippen LogP contribution is 2.39. The average molecular weight is 263 g/mol. The van der Waals surface area contributed by atoms with Crippen LogP contribution >= 0.6 is 0 Å². The van der Waals surface area contributed by atoms with Crippen LogP contribution in [0.3, 0.4) is 0 Å². The number of rotatable bonds is 2. The summed E-state index contributed by atoms with van der Waals surface area (Å²) in [5.74, 6) is -0.477. The Morgan fingerprint density at radius 2 is 2.16 bits per heavy atom. The zero-order valence-corrected chi connectivity index (χ0v) is 10.4. The lowest BCUT2D eigenvalue weighted by atomic mass is 9.78. The molecule has 19 heavy (non-hydrogen) atoms. The number of carboxylic acid groups (broad SMARTS) is 1. The first-order valence-corrected chi connectivity index (χ1v) is 5.90. The number of ether oxygens (including phenoxy) is 2. The topological polar surface area (TPSA) is 76.1 Å². The Morgan fingerprint density at radius 1 is 1.42 bits per heavy atom. The van der Waals surface area contributed by atoms with Crippen molar-refractivity contribution in [2.24, 2.45) is 0 Å². The van der Waals surface area contributed by atoms with Crippen molar-refractivity contribution in [3.8, 4) is 5.75 Å². The minimum absolute atomic E-state index is 0.00995. The fourth-order valence-corrected chi connectivity index (χ4v) is 2.29. The van der Waals surface area contributed by atoms with E-state index in [1.54, 1.807) is 25.2 Å². The Morgan fingerprint density at radius 3 is 2.74 bits per heavy atom. The predicted molar refractivity (Wildman–Crippen MR) is 65.5 cm³/mol. The molecule has 3 rings (SSSR count). The lowest BCUT2D eigenvalue weighted by Crippen LogP contribution is -2.53. The molecule has 0 aliphatic carbocycles. The summed E-state index contributed by atoms with van der Waals surface area (Å²) >= 11 is 0. The molecule has 0 atom stereocenters. The number of amides is 1. The zero-order chi connectivity index (χ0) is 13.6. The van der Waals surface area contributed by atoms with E-state index in [2.05, 4.69) is 0 Å². The highest BCUT2D eigenvalue weighted by molar-refractivity contribution is 5.97. The number of nitrogens with zero attached hydrogens (tertiary/aromatic N) is 1. The van der Waals surface area contributed by atoms with Crippen LogP contribution in [0.4, 0.5) is 5.69 Å². The molecule has 1 fully saturated rings. The van der Waals surface area contributed by atoms with Crippen LogP contribution in [0.25, 0.3) is 0 Å². The highest BCUT2D eigenvalue weighted by Gasteiger charge is 2.48. The molecule has 1 amide bonds. The van der Waals surface area contributed by atoms with Gasteiger partial charge in [-0.05, 0) is 17.7 Å². The molecule has 2 aliphatic heterocycles. The van der Waals surface area contributed by atoms with Gasteiger partial charge in [0.25, 0.3) is 5.91 Å². The van der Waals surface area contributed by atoms with Gasteiger partial charge in [-0.25, -0.2) is 0 Å². The molecule has 0 unspecified atom stereocenters. The van der Waals surface area contributed by atoms with Crippen LogP contribution in [0.15, 0.2) is 18.2 Å². The van der Waals surface area contributed by atoms with Gasteiger partial charge in [-0.15, -0.1) is 0 Å². The van der Waals surface area contributed by atoms with E-state index in [-0.39, 0.29) is 25.7 Å². The normalized spacial score (nSPS) is 20.3. The smallest absolute Gasteiger partial charge is 0.318 e. The van der Waals surface area contributed by atoms with E-state index >= 15 is 0 Å². The third-order valence-corrected chi connectivity index (χ3v) is 3.70. The largest absolute Gasteiger partial charge is 0.482 e. The summed E-state index contributed by atoms with van der Waals surface area (Å²) in [7, 11) is 1.65. The lowest BCUT2D eigenvalue weighted by Gasteiger charge is -2.38. The van der Waals surface area contributed by atoms with Crippen molar-refractivity contribution in [3.05, 3.63) is 23.8 Å². The Labute approximate surface area is 109 Å². The van der Waals surface area contributed by atoms with Gasteiger partial charge in [0.1, 0.15) is 11.2 Å². The van der Waals surface area contributed by atoms with Gasteiger partial charge in [-0.2, -0.15) is 0 Å². The SMILES string of the molecule is CN1C(=O)COc2ccc(C3(C(=O)O)COC3)cc21. The summed E-state index contributed by atoms with van der Waals surface area (Å²) in [6, 6.07) is 5.12. The van der Waals surface area contributed by atoms with Crippen molar-refractivity contribution < 1.29 is 24.2 Å². The maximum atomic E-state index is 11.6. The molecular weight excluding hydrogens is 250 g/mol. The standard InChI is InChI=1S/C13H13NO5/c1-14-9-4-8(13(12(16)17)6-18-7-13)2-3-10(9)19-5-11(14)15/h2-4H,5-7H2,1H3,(H,16,17). The third-order valence-electron chi connectivity index (χ3n) is 3.70. The van der Waals surface area contributed by atoms with Gasteiger partial charge < -0.3 is 19.5 Å². The molecule has 1 N–H and O–H groups in total. The van der Waals surface area contributed by atoms with Crippen LogP contribution in [0.1, 0.15) is 5.56 Å². The molecule has 6 nitrogen and oxygen atoms in total. The summed E-state index contributed by atoms with van der Waals surface area (Å²) in [6.07, 6.45) is 0. The van der Waals surface area contributed by atoms with Crippen LogP contribution < -0.4 is 9.64 Å².